The van der Waals surface area contributed by atoms with Gasteiger partial charge in [0.15, 0.2) is 0 Å². The first kappa shape index (κ1) is 17.9. The van der Waals surface area contributed by atoms with Gasteiger partial charge in [-0.25, -0.2) is 12.7 Å². The second-order valence-electron chi connectivity index (χ2n) is 7.60. The van der Waals surface area contributed by atoms with Crippen molar-refractivity contribution in [3.8, 4) is 0 Å². The highest BCUT2D eigenvalue weighted by Crippen LogP contribution is 2.33. The normalized spacial score (nSPS) is 20.0. The summed E-state index contributed by atoms with van der Waals surface area (Å²) < 4.78 is 26.0. The van der Waals surface area contributed by atoms with E-state index in [1.54, 1.807) is 20.2 Å². The average Bonchev–Trinajstić information content (AvgIpc) is 3.39. The standard InChI is InChI=1S/C19H30N2O2S/c1-20(2)24(22,23)19-10-6-7-17(13-19)15-21(14-16-11-12-16)18-8-4-3-5-9-18/h6-7,10,13,16,18H,3-5,8-9,11-12,14-15H2,1-2H3. The van der Waals surface area contributed by atoms with Crippen LogP contribution in [0.5, 0.6) is 0 Å². The largest absolute Gasteiger partial charge is 0.296 e. The Hall–Kier alpha value is -0.910. The predicted octanol–water partition coefficient (Wildman–Crippen LogP) is 3.48. The van der Waals surface area contributed by atoms with Crippen LogP contribution >= 0.6 is 0 Å². The third kappa shape index (κ3) is 4.38. The van der Waals surface area contributed by atoms with E-state index in [1.807, 2.05) is 12.1 Å². The second-order valence-corrected chi connectivity index (χ2v) is 9.75. The Balaban J connectivity index is 1.76. The highest BCUT2D eigenvalue weighted by Gasteiger charge is 2.29. The van der Waals surface area contributed by atoms with Crippen LogP contribution in [-0.2, 0) is 16.6 Å². The fraction of sp³-hybridized carbons (Fsp3) is 0.684. The molecule has 0 bridgehead atoms. The van der Waals surface area contributed by atoms with Crippen LogP contribution < -0.4 is 0 Å². The zero-order valence-corrected chi connectivity index (χ0v) is 15.8. The number of rotatable bonds is 7. The van der Waals surface area contributed by atoms with Gasteiger partial charge < -0.3 is 0 Å². The van der Waals surface area contributed by atoms with E-state index >= 15 is 0 Å². The van der Waals surface area contributed by atoms with Crippen molar-refractivity contribution in [3.63, 3.8) is 0 Å². The summed E-state index contributed by atoms with van der Waals surface area (Å²) in [7, 11) is -0.182. The van der Waals surface area contributed by atoms with E-state index in [0.717, 1.165) is 18.0 Å². The Morgan fingerprint density at radius 3 is 2.38 bits per heavy atom. The molecule has 1 aromatic rings. The first-order valence-electron chi connectivity index (χ1n) is 9.22. The highest BCUT2D eigenvalue weighted by atomic mass is 32.2. The lowest BCUT2D eigenvalue weighted by Crippen LogP contribution is -2.37. The van der Waals surface area contributed by atoms with Gasteiger partial charge in [0.25, 0.3) is 0 Å². The molecule has 0 N–H and O–H groups in total. The molecule has 1 aromatic carbocycles. The summed E-state index contributed by atoms with van der Waals surface area (Å²) in [6, 6.07) is 8.18. The van der Waals surface area contributed by atoms with E-state index in [1.165, 1.54) is 55.8 Å². The molecule has 0 radical (unpaired) electrons. The van der Waals surface area contributed by atoms with E-state index in [4.69, 9.17) is 0 Å². The molecule has 2 saturated carbocycles. The van der Waals surface area contributed by atoms with E-state index in [0.29, 0.717) is 10.9 Å². The molecule has 0 aromatic heterocycles. The van der Waals surface area contributed by atoms with Crippen LogP contribution in [0, 0.1) is 5.92 Å². The lowest BCUT2D eigenvalue weighted by Gasteiger charge is -2.34. The Morgan fingerprint density at radius 2 is 1.75 bits per heavy atom. The highest BCUT2D eigenvalue weighted by molar-refractivity contribution is 7.89. The molecule has 0 heterocycles. The molecular weight excluding hydrogens is 320 g/mol. The van der Waals surface area contributed by atoms with Crippen molar-refractivity contribution < 1.29 is 8.42 Å². The SMILES string of the molecule is CN(C)S(=O)(=O)c1cccc(CN(CC2CC2)C2CCCCC2)c1. The minimum absolute atomic E-state index is 0.403. The molecule has 0 amide bonds. The maximum absolute atomic E-state index is 12.4. The number of benzene rings is 1. The van der Waals surface area contributed by atoms with E-state index < -0.39 is 10.0 Å². The maximum atomic E-state index is 12.4. The number of hydrogen-bond donors (Lipinski definition) is 0. The summed E-state index contributed by atoms with van der Waals surface area (Å²) in [5.74, 6) is 0.862. The van der Waals surface area contributed by atoms with Gasteiger partial charge in [0, 0.05) is 33.2 Å². The zero-order chi connectivity index (χ0) is 17.2. The van der Waals surface area contributed by atoms with Crippen molar-refractivity contribution in [1.29, 1.82) is 0 Å². The molecule has 0 spiro atoms. The molecule has 0 unspecified atom stereocenters. The van der Waals surface area contributed by atoms with Crippen molar-refractivity contribution in [1.82, 2.24) is 9.21 Å². The fourth-order valence-electron chi connectivity index (χ4n) is 3.67. The first-order chi connectivity index (χ1) is 11.5. The van der Waals surface area contributed by atoms with Gasteiger partial charge in [0.1, 0.15) is 0 Å². The summed E-state index contributed by atoms with van der Waals surface area (Å²) in [5.41, 5.74) is 1.11. The first-order valence-corrected chi connectivity index (χ1v) is 10.7. The van der Waals surface area contributed by atoms with Crippen molar-refractivity contribution in [2.45, 2.75) is 62.4 Å². The van der Waals surface area contributed by atoms with Gasteiger partial charge in [0.2, 0.25) is 10.0 Å². The van der Waals surface area contributed by atoms with Gasteiger partial charge in [-0.3, -0.25) is 4.90 Å². The van der Waals surface area contributed by atoms with Crippen LogP contribution in [-0.4, -0.2) is 44.3 Å². The minimum atomic E-state index is -3.36. The predicted molar refractivity (Wildman–Crippen MR) is 97.3 cm³/mol. The Labute approximate surface area is 146 Å². The molecule has 2 aliphatic carbocycles. The molecule has 24 heavy (non-hydrogen) atoms. The van der Waals surface area contributed by atoms with E-state index in [-0.39, 0.29) is 0 Å². The molecular formula is C19H30N2O2S. The summed E-state index contributed by atoms with van der Waals surface area (Å²) in [4.78, 5) is 3.03. The molecule has 0 aliphatic heterocycles. The molecule has 134 valence electrons. The summed E-state index contributed by atoms with van der Waals surface area (Å²) in [6.45, 7) is 2.05. The molecule has 0 saturated heterocycles. The quantitative estimate of drug-likeness (QED) is 0.756. The molecule has 0 atom stereocenters. The topological polar surface area (TPSA) is 40.6 Å². The summed E-state index contributed by atoms with van der Waals surface area (Å²) in [6.07, 6.45) is 9.34. The van der Waals surface area contributed by atoms with Crippen LogP contribution in [0.25, 0.3) is 0 Å². The number of sulfonamides is 1. The monoisotopic (exact) mass is 350 g/mol. The number of nitrogens with zero attached hydrogens (tertiary/aromatic N) is 2. The van der Waals surface area contributed by atoms with Gasteiger partial charge in [-0.15, -0.1) is 0 Å². The third-order valence-corrected chi connectivity index (χ3v) is 7.15. The second kappa shape index (κ2) is 7.54. The smallest absolute Gasteiger partial charge is 0.242 e. The third-order valence-electron chi connectivity index (χ3n) is 5.34. The van der Waals surface area contributed by atoms with Gasteiger partial charge in [-0.05, 0) is 49.3 Å². The van der Waals surface area contributed by atoms with Gasteiger partial charge >= 0.3 is 0 Å². The van der Waals surface area contributed by atoms with E-state index in [9.17, 15) is 8.42 Å². The van der Waals surface area contributed by atoms with Crippen molar-refractivity contribution in [2.75, 3.05) is 20.6 Å². The molecule has 3 rings (SSSR count). The Bertz CT molecular complexity index is 647. The molecule has 2 aliphatic rings. The zero-order valence-electron chi connectivity index (χ0n) is 14.9. The lowest BCUT2D eigenvalue weighted by molar-refractivity contribution is 0.141. The van der Waals surface area contributed by atoms with Gasteiger partial charge in [0.05, 0.1) is 4.90 Å². The molecule has 5 heteroatoms. The van der Waals surface area contributed by atoms with Gasteiger partial charge in [-0.2, -0.15) is 0 Å². The lowest BCUT2D eigenvalue weighted by atomic mass is 9.93. The molecule has 4 nitrogen and oxygen atoms in total. The van der Waals surface area contributed by atoms with Crippen molar-refractivity contribution >= 4 is 10.0 Å². The number of hydrogen-bond acceptors (Lipinski definition) is 3. The van der Waals surface area contributed by atoms with E-state index in [2.05, 4.69) is 11.0 Å². The van der Waals surface area contributed by atoms with Crippen LogP contribution in [0.15, 0.2) is 29.2 Å². The maximum Gasteiger partial charge on any atom is 0.242 e. The summed E-state index contributed by atoms with van der Waals surface area (Å²) in [5, 5.41) is 0. The summed E-state index contributed by atoms with van der Waals surface area (Å²) >= 11 is 0. The Morgan fingerprint density at radius 1 is 1.04 bits per heavy atom. The molecule has 2 fully saturated rings. The van der Waals surface area contributed by atoms with Crippen LogP contribution in [0.2, 0.25) is 0 Å². The fourth-order valence-corrected chi connectivity index (χ4v) is 4.64. The minimum Gasteiger partial charge on any atom is -0.296 e. The van der Waals surface area contributed by atoms with Crippen molar-refractivity contribution in [3.05, 3.63) is 29.8 Å². The van der Waals surface area contributed by atoms with Crippen LogP contribution in [0.3, 0.4) is 0 Å². The van der Waals surface area contributed by atoms with Gasteiger partial charge in [-0.1, -0.05) is 31.4 Å². The van der Waals surface area contributed by atoms with Crippen LogP contribution in [0.4, 0.5) is 0 Å². The Kier molecular flexibility index (Phi) is 5.63. The average molecular weight is 351 g/mol. The van der Waals surface area contributed by atoms with Crippen molar-refractivity contribution in [2.24, 2.45) is 5.92 Å². The van der Waals surface area contributed by atoms with Crippen LogP contribution in [0.1, 0.15) is 50.5 Å².